The van der Waals surface area contributed by atoms with Crippen LogP contribution in [0, 0.1) is 0 Å². The Labute approximate surface area is 94.9 Å². The molecule has 2 unspecified atom stereocenters. The van der Waals surface area contributed by atoms with Crippen LogP contribution in [0.15, 0.2) is 0 Å². The van der Waals surface area contributed by atoms with Crippen LogP contribution in [0.2, 0.25) is 0 Å². The fourth-order valence-corrected chi connectivity index (χ4v) is 1.49. The van der Waals surface area contributed by atoms with Gasteiger partial charge in [0.2, 0.25) is 11.8 Å². The van der Waals surface area contributed by atoms with Crippen LogP contribution in [0.1, 0.15) is 20.3 Å². The molecule has 1 heterocycles. The number of amides is 2. The number of nitrogens with two attached hydrogens (primary N) is 1. The summed E-state index contributed by atoms with van der Waals surface area (Å²) in [5, 5.41) is 5.22. The van der Waals surface area contributed by atoms with Crippen LogP contribution in [0.3, 0.4) is 0 Å². The Hall–Kier alpha value is -1.14. The van der Waals surface area contributed by atoms with Crippen molar-refractivity contribution in [3.63, 3.8) is 0 Å². The molecule has 4 N–H and O–H groups in total. The van der Waals surface area contributed by atoms with Crippen LogP contribution in [-0.4, -0.2) is 43.2 Å². The second-order valence-corrected chi connectivity index (χ2v) is 4.05. The molecule has 2 amide bonds. The molecule has 0 aromatic rings. The van der Waals surface area contributed by atoms with E-state index in [1.54, 1.807) is 6.92 Å². The fourth-order valence-electron chi connectivity index (χ4n) is 1.49. The quantitative estimate of drug-likeness (QED) is 0.561. The van der Waals surface area contributed by atoms with Crippen LogP contribution in [0.5, 0.6) is 0 Å². The average molecular weight is 229 g/mol. The molecule has 1 aliphatic rings. The zero-order chi connectivity index (χ0) is 12.2. The third-order valence-electron chi connectivity index (χ3n) is 2.60. The first kappa shape index (κ1) is 12.9. The molecule has 0 aromatic heterocycles. The topological polar surface area (TPSA) is 93.5 Å². The van der Waals surface area contributed by atoms with Gasteiger partial charge in [0, 0.05) is 13.2 Å². The van der Waals surface area contributed by atoms with Gasteiger partial charge in [0.1, 0.15) is 11.6 Å². The Morgan fingerprint density at radius 2 is 2.25 bits per heavy atom. The summed E-state index contributed by atoms with van der Waals surface area (Å²) >= 11 is 0. The van der Waals surface area contributed by atoms with E-state index >= 15 is 0 Å². The van der Waals surface area contributed by atoms with Crippen LogP contribution < -0.4 is 16.4 Å². The van der Waals surface area contributed by atoms with Gasteiger partial charge in [0.05, 0.1) is 6.61 Å². The van der Waals surface area contributed by atoms with E-state index in [2.05, 4.69) is 10.6 Å². The molecule has 1 rings (SSSR count). The van der Waals surface area contributed by atoms with Gasteiger partial charge in [-0.15, -0.1) is 0 Å². The van der Waals surface area contributed by atoms with Gasteiger partial charge in [-0.1, -0.05) is 0 Å². The van der Waals surface area contributed by atoms with E-state index in [9.17, 15) is 9.59 Å². The lowest BCUT2D eigenvalue weighted by atomic mass is 9.99. The standard InChI is InChI=1S/C10H19N3O3/c1-3-12-8(14)7(2)13-9(15)10(11)4-5-16-6-10/h7H,3-6,11H2,1-2H3,(H,12,14)(H,13,15). The van der Waals surface area contributed by atoms with Crippen molar-refractivity contribution in [2.45, 2.75) is 31.8 Å². The molecule has 2 atom stereocenters. The maximum Gasteiger partial charge on any atom is 0.243 e. The van der Waals surface area contributed by atoms with Crippen LogP contribution in [0.25, 0.3) is 0 Å². The number of nitrogens with one attached hydrogen (secondary N) is 2. The van der Waals surface area contributed by atoms with Gasteiger partial charge in [-0.25, -0.2) is 0 Å². The predicted octanol–water partition coefficient (Wildman–Crippen LogP) is -1.25. The van der Waals surface area contributed by atoms with Crippen molar-refractivity contribution in [2.24, 2.45) is 5.73 Å². The SMILES string of the molecule is CCNC(=O)C(C)NC(=O)C1(N)CCOC1. The first-order valence-corrected chi connectivity index (χ1v) is 5.45. The molecule has 0 radical (unpaired) electrons. The van der Waals surface area contributed by atoms with Gasteiger partial charge in [0.25, 0.3) is 0 Å². The Morgan fingerprint density at radius 1 is 1.56 bits per heavy atom. The maximum absolute atomic E-state index is 11.8. The number of rotatable bonds is 4. The lowest BCUT2D eigenvalue weighted by Crippen LogP contribution is -2.58. The molecule has 0 aliphatic carbocycles. The number of carbonyl (C=O) groups excluding carboxylic acids is 2. The Bertz CT molecular complexity index is 274. The highest BCUT2D eigenvalue weighted by Gasteiger charge is 2.39. The monoisotopic (exact) mass is 229 g/mol. The highest BCUT2D eigenvalue weighted by molar-refractivity contribution is 5.92. The summed E-state index contributed by atoms with van der Waals surface area (Å²) in [6.07, 6.45) is 0.487. The van der Waals surface area contributed by atoms with E-state index in [0.717, 1.165) is 0 Å². The van der Waals surface area contributed by atoms with Crippen molar-refractivity contribution < 1.29 is 14.3 Å². The minimum atomic E-state index is -0.985. The van der Waals surface area contributed by atoms with Gasteiger partial charge in [-0.3, -0.25) is 9.59 Å². The Kier molecular flexibility index (Phi) is 4.26. The van der Waals surface area contributed by atoms with E-state index in [0.29, 0.717) is 19.6 Å². The van der Waals surface area contributed by atoms with Gasteiger partial charge < -0.3 is 21.1 Å². The van der Waals surface area contributed by atoms with Gasteiger partial charge in [-0.05, 0) is 20.3 Å². The Morgan fingerprint density at radius 3 is 2.75 bits per heavy atom. The fraction of sp³-hybridized carbons (Fsp3) is 0.800. The van der Waals surface area contributed by atoms with E-state index in [1.165, 1.54) is 0 Å². The van der Waals surface area contributed by atoms with Crippen LogP contribution in [-0.2, 0) is 14.3 Å². The van der Waals surface area contributed by atoms with Crippen LogP contribution >= 0.6 is 0 Å². The summed E-state index contributed by atoms with van der Waals surface area (Å²) in [6.45, 7) is 4.68. The smallest absolute Gasteiger partial charge is 0.243 e. The summed E-state index contributed by atoms with van der Waals surface area (Å²) in [7, 11) is 0. The van der Waals surface area contributed by atoms with Crippen molar-refractivity contribution >= 4 is 11.8 Å². The van der Waals surface area contributed by atoms with Crippen molar-refractivity contribution in [1.82, 2.24) is 10.6 Å². The lowest BCUT2D eigenvalue weighted by molar-refractivity contribution is -0.131. The third kappa shape index (κ3) is 2.93. The number of carbonyl (C=O) groups is 2. The summed E-state index contributed by atoms with van der Waals surface area (Å²) in [6, 6.07) is -0.575. The average Bonchev–Trinajstić information content (AvgIpc) is 2.66. The minimum absolute atomic E-state index is 0.209. The highest BCUT2D eigenvalue weighted by Crippen LogP contribution is 2.15. The first-order valence-electron chi connectivity index (χ1n) is 5.45. The zero-order valence-corrected chi connectivity index (χ0v) is 9.71. The second kappa shape index (κ2) is 5.27. The van der Waals surface area contributed by atoms with Crippen molar-refractivity contribution in [3.05, 3.63) is 0 Å². The zero-order valence-electron chi connectivity index (χ0n) is 9.71. The summed E-state index contributed by atoms with van der Waals surface area (Å²) in [5.41, 5.74) is 4.87. The third-order valence-corrected chi connectivity index (χ3v) is 2.60. The molecule has 92 valence electrons. The summed E-state index contributed by atoms with van der Waals surface area (Å²) < 4.78 is 5.08. The first-order chi connectivity index (χ1) is 7.49. The molecule has 0 bridgehead atoms. The van der Waals surface area contributed by atoms with E-state index in [1.807, 2.05) is 6.92 Å². The number of hydrogen-bond acceptors (Lipinski definition) is 4. The van der Waals surface area contributed by atoms with Gasteiger partial charge in [-0.2, -0.15) is 0 Å². The van der Waals surface area contributed by atoms with E-state index in [4.69, 9.17) is 10.5 Å². The Balaban J connectivity index is 2.47. The second-order valence-electron chi connectivity index (χ2n) is 4.05. The molecular weight excluding hydrogens is 210 g/mol. The largest absolute Gasteiger partial charge is 0.379 e. The van der Waals surface area contributed by atoms with E-state index in [-0.39, 0.29) is 18.4 Å². The normalized spacial score (nSPS) is 26.2. The van der Waals surface area contributed by atoms with Crippen molar-refractivity contribution in [2.75, 3.05) is 19.8 Å². The molecule has 1 saturated heterocycles. The predicted molar refractivity (Wildman–Crippen MR) is 58.6 cm³/mol. The van der Waals surface area contributed by atoms with E-state index < -0.39 is 11.6 Å². The molecule has 16 heavy (non-hydrogen) atoms. The highest BCUT2D eigenvalue weighted by atomic mass is 16.5. The molecule has 1 aliphatic heterocycles. The van der Waals surface area contributed by atoms with Crippen LogP contribution in [0.4, 0.5) is 0 Å². The molecule has 6 nitrogen and oxygen atoms in total. The molecule has 0 aromatic carbocycles. The molecule has 1 fully saturated rings. The van der Waals surface area contributed by atoms with Gasteiger partial charge in [0.15, 0.2) is 0 Å². The lowest BCUT2D eigenvalue weighted by Gasteiger charge is -2.23. The van der Waals surface area contributed by atoms with Crippen molar-refractivity contribution in [1.29, 1.82) is 0 Å². The number of likely N-dealkylation sites (N-methyl/N-ethyl adjacent to an activating group) is 1. The maximum atomic E-state index is 11.8. The molecule has 0 saturated carbocycles. The minimum Gasteiger partial charge on any atom is -0.379 e. The van der Waals surface area contributed by atoms with Crippen molar-refractivity contribution in [3.8, 4) is 0 Å². The molecular formula is C10H19N3O3. The summed E-state index contributed by atoms with van der Waals surface area (Å²) in [5.74, 6) is -0.540. The van der Waals surface area contributed by atoms with Gasteiger partial charge >= 0.3 is 0 Å². The number of ether oxygens (including phenoxy) is 1. The molecule has 6 heteroatoms. The summed E-state index contributed by atoms with van der Waals surface area (Å²) in [4.78, 5) is 23.2. The number of hydrogen-bond donors (Lipinski definition) is 3. The molecule has 0 spiro atoms.